The standard InChI is InChI=1S/C15H23N3O2/c1-3-11-13-12(18(4-2)17-11)9-15(10-16-14(13)19)5-7-20-8-6-15/h3-10H2,1-2H3,(H,16,19). The minimum absolute atomic E-state index is 0.0555. The molecule has 0 radical (unpaired) electrons. The summed E-state index contributed by atoms with van der Waals surface area (Å²) in [4.78, 5) is 12.4. The van der Waals surface area contributed by atoms with E-state index in [0.29, 0.717) is 0 Å². The Hall–Kier alpha value is -1.36. The van der Waals surface area contributed by atoms with Crippen molar-refractivity contribution in [1.82, 2.24) is 15.1 Å². The monoisotopic (exact) mass is 277 g/mol. The molecular weight excluding hydrogens is 254 g/mol. The molecule has 1 amide bonds. The Balaban J connectivity index is 2.04. The first-order chi connectivity index (χ1) is 9.69. The first-order valence-electron chi connectivity index (χ1n) is 7.63. The molecule has 1 N–H and O–H groups in total. The Morgan fingerprint density at radius 2 is 2.10 bits per heavy atom. The van der Waals surface area contributed by atoms with Crippen LogP contribution in [0.25, 0.3) is 0 Å². The lowest BCUT2D eigenvalue weighted by atomic mass is 9.76. The van der Waals surface area contributed by atoms with Crippen molar-refractivity contribution < 1.29 is 9.53 Å². The van der Waals surface area contributed by atoms with Crippen molar-refractivity contribution in [2.45, 2.75) is 46.1 Å². The zero-order valence-electron chi connectivity index (χ0n) is 12.4. The van der Waals surface area contributed by atoms with Crippen LogP contribution >= 0.6 is 0 Å². The molecule has 1 spiro atoms. The van der Waals surface area contributed by atoms with Gasteiger partial charge in [0.15, 0.2) is 0 Å². The quantitative estimate of drug-likeness (QED) is 0.892. The van der Waals surface area contributed by atoms with E-state index in [9.17, 15) is 4.79 Å². The van der Waals surface area contributed by atoms with Gasteiger partial charge in [-0.25, -0.2) is 0 Å². The van der Waals surface area contributed by atoms with Crippen molar-refractivity contribution in [3.05, 3.63) is 17.0 Å². The van der Waals surface area contributed by atoms with Gasteiger partial charge in [0.25, 0.3) is 5.91 Å². The molecule has 0 aromatic carbocycles. The van der Waals surface area contributed by atoms with Crippen LogP contribution in [0.15, 0.2) is 0 Å². The van der Waals surface area contributed by atoms with Gasteiger partial charge in [-0.1, -0.05) is 6.92 Å². The number of fused-ring (bicyclic) bond motifs is 1. The zero-order chi connectivity index (χ0) is 14.2. The fourth-order valence-corrected chi connectivity index (χ4v) is 3.43. The highest BCUT2D eigenvalue weighted by Crippen LogP contribution is 2.37. The van der Waals surface area contributed by atoms with E-state index >= 15 is 0 Å². The highest BCUT2D eigenvalue weighted by molar-refractivity contribution is 5.97. The number of amides is 1. The molecule has 5 heteroatoms. The summed E-state index contributed by atoms with van der Waals surface area (Å²) in [6.07, 6.45) is 3.77. The number of rotatable bonds is 2. The van der Waals surface area contributed by atoms with Gasteiger partial charge in [0.2, 0.25) is 0 Å². The van der Waals surface area contributed by atoms with Gasteiger partial charge in [0.05, 0.1) is 17.0 Å². The molecule has 110 valence electrons. The number of aryl methyl sites for hydroxylation is 2. The van der Waals surface area contributed by atoms with Crippen molar-refractivity contribution >= 4 is 5.91 Å². The van der Waals surface area contributed by atoms with Gasteiger partial charge in [-0.2, -0.15) is 5.10 Å². The lowest BCUT2D eigenvalue weighted by Gasteiger charge is -2.36. The molecule has 1 fully saturated rings. The van der Waals surface area contributed by atoms with Gasteiger partial charge >= 0.3 is 0 Å². The molecule has 3 rings (SSSR count). The minimum atomic E-state index is 0.0555. The summed E-state index contributed by atoms with van der Waals surface area (Å²) in [6, 6.07) is 0. The molecule has 2 aliphatic rings. The summed E-state index contributed by atoms with van der Waals surface area (Å²) >= 11 is 0. The lowest BCUT2D eigenvalue weighted by Crippen LogP contribution is -2.40. The number of ether oxygens (including phenoxy) is 1. The second kappa shape index (κ2) is 5.20. The summed E-state index contributed by atoms with van der Waals surface area (Å²) < 4.78 is 7.52. The second-order valence-electron chi connectivity index (χ2n) is 5.91. The molecule has 0 atom stereocenters. The van der Waals surface area contributed by atoms with Crippen molar-refractivity contribution in [3.8, 4) is 0 Å². The van der Waals surface area contributed by atoms with Gasteiger partial charge in [0.1, 0.15) is 0 Å². The predicted octanol–water partition coefficient (Wildman–Crippen LogP) is 1.55. The van der Waals surface area contributed by atoms with Crippen molar-refractivity contribution in [2.75, 3.05) is 19.8 Å². The molecule has 1 saturated heterocycles. The Morgan fingerprint density at radius 3 is 2.75 bits per heavy atom. The molecule has 0 unspecified atom stereocenters. The molecule has 0 saturated carbocycles. The highest BCUT2D eigenvalue weighted by Gasteiger charge is 2.39. The smallest absolute Gasteiger partial charge is 0.255 e. The first kappa shape index (κ1) is 13.6. The highest BCUT2D eigenvalue weighted by atomic mass is 16.5. The molecule has 0 aliphatic carbocycles. The van der Waals surface area contributed by atoms with Crippen molar-refractivity contribution in [3.63, 3.8) is 0 Å². The van der Waals surface area contributed by atoms with Crippen LogP contribution in [-0.4, -0.2) is 35.4 Å². The fraction of sp³-hybridized carbons (Fsp3) is 0.733. The number of nitrogens with one attached hydrogen (secondary N) is 1. The number of hydrogen-bond acceptors (Lipinski definition) is 3. The lowest BCUT2D eigenvalue weighted by molar-refractivity contribution is 0.0152. The van der Waals surface area contributed by atoms with Gasteiger partial charge in [0, 0.05) is 26.3 Å². The average Bonchev–Trinajstić information content (AvgIpc) is 2.76. The third kappa shape index (κ3) is 2.14. The van der Waals surface area contributed by atoms with Crippen LogP contribution in [0.3, 0.4) is 0 Å². The molecule has 2 aliphatic heterocycles. The zero-order valence-corrected chi connectivity index (χ0v) is 12.4. The number of hydrogen-bond donors (Lipinski definition) is 1. The van der Waals surface area contributed by atoms with E-state index < -0.39 is 0 Å². The maximum Gasteiger partial charge on any atom is 0.255 e. The third-order valence-electron chi connectivity index (χ3n) is 4.71. The van der Waals surface area contributed by atoms with Crippen LogP contribution in [0.2, 0.25) is 0 Å². The van der Waals surface area contributed by atoms with Gasteiger partial charge in [-0.05, 0) is 38.0 Å². The number of nitrogens with zero attached hydrogens (tertiary/aromatic N) is 2. The van der Waals surface area contributed by atoms with E-state index in [1.165, 1.54) is 0 Å². The normalized spacial score (nSPS) is 21.4. The summed E-state index contributed by atoms with van der Waals surface area (Å²) in [6.45, 7) is 7.33. The largest absolute Gasteiger partial charge is 0.381 e. The van der Waals surface area contributed by atoms with E-state index in [1.54, 1.807) is 0 Å². The molecule has 0 bridgehead atoms. The molecular formula is C15H23N3O2. The Bertz CT molecular complexity index is 515. The predicted molar refractivity (Wildman–Crippen MR) is 75.8 cm³/mol. The van der Waals surface area contributed by atoms with Gasteiger partial charge in [-0.15, -0.1) is 0 Å². The molecule has 1 aromatic heterocycles. The topological polar surface area (TPSA) is 56.2 Å². The van der Waals surface area contributed by atoms with Crippen LogP contribution in [0, 0.1) is 5.41 Å². The van der Waals surface area contributed by atoms with E-state index in [1.807, 2.05) is 4.68 Å². The van der Waals surface area contributed by atoms with Crippen LogP contribution in [0.4, 0.5) is 0 Å². The fourth-order valence-electron chi connectivity index (χ4n) is 3.43. The van der Waals surface area contributed by atoms with E-state index in [4.69, 9.17) is 4.74 Å². The SMILES string of the molecule is CCc1nn(CC)c2c1C(=O)NCC1(CCOCC1)C2. The maximum atomic E-state index is 12.4. The van der Waals surface area contributed by atoms with Crippen LogP contribution < -0.4 is 5.32 Å². The molecule has 1 aromatic rings. The van der Waals surface area contributed by atoms with E-state index in [-0.39, 0.29) is 11.3 Å². The van der Waals surface area contributed by atoms with Crippen molar-refractivity contribution in [2.24, 2.45) is 5.41 Å². The van der Waals surface area contributed by atoms with Crippen LogP contribution in [0.5, 0.6) is 0 Å². The molecule has 3 heterocycles. The Morgan fingerprint density at radius 1 is 1.35 bits per heavy atom. The van der Waals surface area contributed by atoms with Crippen LogP contribution in [-0.2, 0) is 24.1 Å². The number of carbonyl (C=O) groups excluding carboxylic acids is 1. The third-order valence-corrected chi connectivity index (χ3v) is 4.71. The van der Waals surface area contributed by atoms with E-state index in [2.05, 4.69) is 24.3 Å². The summed E-state index contributed by atoms with van der Waals surface area (Å²) in [5.74, 6) is 0.0555. The second-order valence-corrected chi connectivity index (χ2v) is 5.91. The van der Waals surface area contributed by atoms with Gasteiger partial charge in [-0.3, -0.25) is 9.48 Å². The average molecular weight is 277 g/mol. The maximum absolute atomic E-state index is 12.4. The summed E-state index contributed by atoms with van der Waals surface area (Å²) in [5.41, 5.74) is 3.04. The molecule has 5 nitrogen and oxygen atoms in total. The summed E-state index contributed by atoms with van der Waals surface area (Å²) in [7, 11) is 0. The van der Waals surface area contributed by atoms with Crippen LogP contribution in [0.1, 0.15) is 48.4 Å². The first-order valence-corrected chi connectivity index (χ1v) is 7.63. The van der Waals surface area contributed by atoms with Crippen molar-refractivity contribution in [1.29, 1.82) is 0 Å². The minimum Gasteiger partial charge on any atom is -0.381 e. The number of aromatic nitrogens is 2. The number of carbonyl (C=O) groups is 1. The van der Waals surface area contributed by atoms with E-state index in [0.717, 1.165) is 68.9 Å². The Labute approximate surface area is 119 Å². The summed E-state index contributed by atoms with van der Waals surface area (Å²) in [5, 5.41) is 7.75. The Kier molecular flexibility index (Phi) is 3.54. The van der Waals surface area contributed by atoms with Gasteiger partial charge < -0.3 is 10.1 Å². The molecule has 20 heavy (non-hydrogen) atoms.